The minimum atomic E-state index is -0.101. The largest absolute Gasteiger partial charge is 0.207 e. The van der Waals surface area contributed by atoms with Crippen LogP contribution in [-0.4, -0.2) is 4.83 Å². The van der Waals surface area contributed by atoms with Crippen molar-refractivity contribution >= 4 is 15.9 Å². The fourth-order valence-electron chi connectivity index (χ4n) is 2.47. The molecule has 82 valence electrons. The van der Waals surface area contributed by atoms with E-state index in [0.29, 0.717) is 10.7 Å². The van der Waals surface area contributed by atoms with Crippen molar-refractivity contribution in [2.24, 2.45) is 0 Å². The molecule has 0 amide bonds. The van der Waals surface area contributed by atoms with Gasteiger partial charge >= 0.3 is 0 Å². The monoisotopic (exact) mass is 270 g/mol. The molecular weight excluding hydrogens is 255 g/mol. The molecule has 2 rings (SSSR count). The minimum absolute atomic E-state index is 0.101. The molecule has 0 aliphatic heterocycles. The summed E-state index contributed by atoms with van der Waals surface area (Å²) in [6.07, 6.45) is 4.59. The number of aryl methyl sites for hydroxylation is 1. The number of alkyl halides is 1. The van der Waals surface area contributed by atoms with Crippen LogP contribution in [0.25, 0.3) is 0 Å². The highest BCUT2D eigenvalue weighted by Crippen LogP contribution is 2.39. The molecule has 0 bridgehead atoms. The predicted molar refractivity (Wildman–Crippen MR) is 65.1 cm³/mol. The Morgan fingerprint density at radius 2 is 2.33 bits per heavy atom. The van der Waals surface area contributed by atoms with Gasteiger partial charge in [0.1, 0.15) is 5.82 Å². The van der Waals surface area contributed by atoms with Crippen LogP contribution in [0.5, 0.6) is 0 Å². The van der Waals surface area contributed by atoms with E-state index >= 15 is 0 Å². The Hall–Kier alpha value is -0.370. The predicted octanol–water partition coefficient (Wildman–Crippen LogP) is 4.42. The van der Waals surface area contributed by atoms with Gasteiger partial charge in [-0.2, -0.15) is 0 Å². The Morgan fingerprint density at radius 1 is 1.53 bits per heavy atom. The molecule has 0 radical (unpaired) electrons. The van der Waals surface area contributed by atoms with Gasteiger partial charge in [-0.15, -0.1) is 0 Å². The van der Waals surface area contributed by atoms with Crippen LogP contribution >= 0.6 is 15.9 Å². The molecule has 2 unspecified atom stereocenters. The van der Waals surface area contributed by atoms with Gasteiger partial charge in [-0.3, -0.25) is 0 Å². The van der Waals surface area contributed by atoms with E-state index in [2.05, 4.69) is 22.9 Å². The molecule has 1 aliphatic rings. The van der Waals surface area contributed by atoms with Crippen LogP contribution in [0.4, 0.5) is 4.39 Å². The normalized spacial score (nSPS) is 21.4. The molecule has 0 fully saturated rings. The Morgan fingerprint density at radius 3 is 3.07 bits per heavy atom. The van der Waals surface area contributed by atoms with E-state index in [1.165, 1.54) is 24.0 Å². The van der Waals surface area contributed by atoms with Gasteiger partial charge in [0.2, 0.25) is 0 Å². The summed E-state index contributed by atoms with van der Waals surface area (Å²) >= 11 is 3.76. The molecule has 0 N–H and O–H groups in total. The summed E-state index contributed by atoms with van der Waals surface area (Å²) in [5, 5.41) is 0. The fraction of sp³-hybridized carbons (Fsp3) is 0.538. The first kappa shape index (κ1) is 11.1. The fourth-order valence-corrected chi connectivity index (χ4v) is 3.48. The van der Waals surface area contributed by atoms with E-state index in [1.807, 2.05) is 6.07 Å². The summed E-state index contributed by atoms with van der Waals surface area (Å²) in [4.78, 5) is 0.550. The molecule has 0 saturated carbocycles. The van der Waals surface area contributed by atoms with Gasteiger partial charge in [0, 0.05) is 4.83 Å². The van der Waals surface area contributed by atoms with Crippen molar-refractivity contribution < 1.29 is 4.39 Å². The van der Waals surface area contributed by atoms with Crippen LogP contribution in [-0.2, 0) is 6.42 Å². The molecule has 1 aromatic carbocycles. The van der Waals surface area contributed by atoms with Crippen molar-refractivity contribution in [2.75, 3.05) is 0 Å². The first-order valence-electron chi connectivity index (χ1n) is 5.64. The maximum absolute atomic E-state index is 13.0. The second-order valence-corrected chi connectivity index (χ2v) is 5.47. The molecule has 15 heavy (non-hydrogen) atoms. The first-order chi connectivity index (χ1) is 7.22. The molecule has 2 heteroatoms. The van der Waals surface area contributed by atoms with Gasteiger partial charge in [0.05, 0.1) is 0 Å². The molecule has 0 nitrogen and oxygen atoms in total. The summed E-state index contributed by atoms with van der Waals surface area (Å²) in [5.74, 6) is 0.483. The Labute approximate surface area is 99.0 Å². The van der Waals surface area contributed by atoms with Crippen molar-refractivity contribution in [1.82, 2.24) is 0 Å². The summed E-state index contributed by atoms with van der Waals surface area (Å²) in [6, 6.07) is 5.25. The summed E-state index contributed by atoms with van der Waals surface area (Å²) in [5.41, 5.74) is 2.56. The summed E-state index contributed by atoms with van der Waals surface area (Å²) in [7, 11) is 0. The van der Waals surface area contributed by atoms with Gasteiger partial charge in [-0.1, -0.05) is 35.3 Å². The maximum atomic E-state index is 13.0. The quantitative estimate of drug-likeness (QED) is 0.714. The zero-order chi connectivity index (χ0) is 10.8. The number of hydrogen-bond donors (Lipinski definition) is 0. The molecule has 1 aromatic rings. The SMILES string of the molecule is CCCC(Br)C1CCc2cc(F)ccc21. The van der Waals surface area contributed by atoms with Crippen LogP contribution in [0.2, 0.25) is 0 Å². The van der Waals surface area contributed by atoms with Crippen molar-refractivity contribution in [3.05, 3.63) is 35.1 Å². The molecule has 0 saturated heterocycles. The Bertz CT molecular complexity index is 348. The number of benzene rings is 1. The number of fused-ring (bicyclic) bond motifs is 1. The van der Waals surface area contributed by atoms with Crippen LogP contribution in [0.1, 0.15) is 43.2 Å². The lowest BCUT2D eigenvalue weighted by molar-refractivity contribution is 0.603. The average molecular weight is 271 g/mol. The lowest BCUT2D eigenvalue weighted by atomic mass is 9.95. The topological polar surface area (TPSA) is 0 Å². The van der Waals surface area contributed by atoms with Crippen molar-refractivity contribution in [3.8, 4) is 0 Å². The number of rotatable bonds is 3. The van der Waals surface area contributed by atoms with Crippen LogP contribution < -0.4 is 0 Å². The highest BCUT2D eigenvalue weighted by Gasteiger charge is 2.27. The van der Waals surface area contributed by atoms with Crippen LogP contribution in [0.3, 0.4) is 0 Å². The molecule has 0 aromatic heterocycles. The van der Waals surface area contributed by atoms with Crippen molar-refractivity contribution in [2.45, 2.75) is 43.4 Å². The second-order valence-electron chi connectivity index (χ2n) is 4.29. The zero-order valence-corrected chi connectivity index (χ0v) is 10.6. The van der Waals surface area contributed by atoms with Crippen LogP contribution in [0, 0.1) is 5.82 Å². The van der Waals surface area contributed by atoms with E-state index in [4.69, 9.17) is 0 Å². The van der Waals surface area contributed by atoms with Crippen LogP contribution in [0.15, 0.2) is 18.2 Å². The average Bonchev–Trinajstić information content (AvgIpc) is 2.60. The third kappa shape index (κ3) is 2.25. The smallest absolute Gasteiger partial charge is 0.123 e. The van der Waals surface area contributed by atoms with Gasteiger partial charge in [0.15, 0.2) is 0 Å². The second kappa shape index (κ2) is 4.65. The Balaban J connectivity index is 2.21. The van der Waals surface area contributed by atoms with E-state index in [1.54, 1.807) is 12.1 Å². The van der Waals surface area contributed by atoms with Gasteiger partial charge in [-0.25, -0.2) is 4.39 Å². The van der Waals surface area contributed by atoms with Crippen molar-refractivity contribution in [3.63, 3.8) is 0 Å². The molecule has 1 aliphatic carbocycles. The van der Waals surface area contributed by atoms with E-state index < -0.39 is 0 Å². The highest BCUT2D eigenvalue weighted by molar-refractivity contribution is 9.09. The third-order valence-corrected chi connectivity index (χ3v) is 4.33. The first-order valence-corrected chi connectivity index (χ1v) is 6.56. The minimum Gasteiger partial charge on any atom is -0.207 e. The zero-order valence-electron chi connectivity index (χ0n) is 8.97. The lowest BCUT2D eigenvalue weighted by Crippen LogP contribution is -2.09. The molecule has 0 spiro atoms. The standard InChI is InChI=1S/C13H16BrF/c1-2-3-13(14)12-6-4-9-8-10(15)5-7-11(9)12/h5,7-8,12-13H,2-4,6H2,1H3. The summed E-state index contributed by atoms with van der Waals surface area (Å²) in [6.45, 7) is 2.20. The van der Waals surface area contributed by atoms with Gasteiger partial charge in [0.25, 0.3) is 0 Å². The molecular formula is C13H16BrF. The summed E-state index contributed by atoms with van der Waals surface area (Å²) < 4.78 is 13.0. The Kier molecular flexibility index (Phi) is 3.45. The van der Waals surface area contributed by atoms with E-state index in [0.717, 1.165) is 12.8 Å². The third-order valence-electron chi connectivity index (χ3n) is 3.23. The lowest BCUT2D eigenvalue weighted by Gasteiger charge is -2.17. The highest BCUT2D eigenvalue weighted by atomic mass is 79.9. The maximum Gasteiger partial charge on any atom is 0.123 e. The van der Waals surface area contributed by atoms with Gasteiger partial charge in [-0.05, 0) is 48.4 Å². The molecule has 2 atom stereocenters. The number of hydrogen-bond acceptors (Lipinski definition) is 0. The van der Waals surface area contributed by atoms with E-state index in [9.17, 15) is 4.39 Å². The van der Waals surface area contributed by atoms with Gasteiger partial charge < -0.3 is 0 Å². The molecule has 0 heterocycles. The van der Waals surface area contributed by atoms with Crippen molar-refractivity contribution in [1.29, 1.82) is 0 Å². The number of halogens is 2. The van der Waals surface area contributed by atoms with E-state index in [-0.39, 0.29) is 5.82 Å².